The van der Waals surface area contributed by atoms with Gasteiger partial charge >= 0.3 is 0 Å². The van der Waals surface area contributed by atoms with Crippen molar-refractivity contribution in [2.75, 3.05) is 7.05 Å². The summed E-state index contributed by atoms with van der Waals surface area (Å²) in [5.74, 6) is 0.883. The van der Waals surface area contributed by atoms with E-state index in [0.29, 0.717) is 0 Å². The molecule has 0 saturated heterocycles. The molecule has 0 aromatic heterocycles. The molecule has 0 heterocycles. The molecule has 2 unspecified atom stereocenters. The Hall–Kier alpha value is -0.820. The minimum Gasteiger partial charge on any atom is -0.317 e. The molecule has 0 aliphatic heterocycles. The molecule has 17 heavy (non-hydrogen) atoms. The van der Waals surface area contributed by atoms with E-state index in [9.17, 15) is 0 Å². The van der Waals surface area contributed by atoms with E-state index in [1.54, 1.807) is 0 Å². The first kappa shape index (κ1) is 12.6. The van der Waals surface area contributed by atoms with Crippen molar-refractivity contribution < 1.29 is 0 Å². The molecule has 2 rings (SSSR count). The van der Waals surface area contributed by atoms with E-state index < -0.39 is 0 Å². The number of nitrogens with one attached hydrogen (secondary N) is 1. The van der Waals surface area contributed by atoms with Gasteiger partial charge in [-0.05, 0) is 56.7 Å². The van der Waals surface area contributed by atoms with Gasteiger partial charge in [-0.2, -0.15) is 0 Å². The number of hydrogen-bond acceptors (Lipinski definition) is 1. The number of aryl methyl sites for hydroxylation is 2. The highest BCUT2D eigenvalue weighted by Crippen LogP contribution is 2.28. The van der Waals surface area contributed by atoms with Crippen LogP contribution in [0.5, 0.6) is 0 Å². The van der Waals surface area contributed by atoms with Gasteiger partial charge in [-0.3, -0.25) is 0 Å². The van der Waals surface area contributed by atoms with E-state index in [0.717, 1.165) is 12.0 Å². The quantitative estimate of drug-likeness (QED) is 0.833. The zero-order valence-electron chi connectivity index (χ0n) is 11.2. The van der Waals surface area contributed by atoms with Crippen molar-refractivity contribution in [1.29, 1.82) is 0 Å². The second kappa shape index (κ2) is 6.20. The normalized spacial score (nSPS) is 24.8. The molecule has 1 aliphatic rings. The number of hydrogen-bond donors (Lipinski definition) is 1. The smallest absolute Gasteiger partial charge is 0.00924 e. The summed E-state index contributed by atoms with van der Waals surface area (Å²) < 4.78 is 0. The summed E-state index contributed by atoms with van der Waals surface area (Å²) in [6, 6.07) is 9.57. The van der Waals surface area contributed by atoms with Crippen molar-refractivity contribution in [1.82, 2.24) is 5.32 Å². The fourth-order valence-corrected chi connectivity index (χ4v) is 3.16. The molecule has 0 bridgehead atoms. The summed E-state index contributed by atoms with van der Waals surface area (Å²) in [7, 11) is 2.12. The Morgan fingerprint density at radius 3 is 2.71 bits per heavy atom. The van der Waals surface area contributed by atoms with Crippen LogP contribution in [0.2, 0.25) is 0 Å². The molecule has 1 saturated carbocycles. The van der Waals surface area contributed by atoms with E-state index in [1.165, 1.54) is 49.7 Å². The van der Waals surface area contributed by atoms with Crippen molar-refractivity contribution in [3.63, 3.8) is 0 Å². The number of benzene rings is 1. The van der Waals surface area contributed by atoms with Crippen molar-refractivity contribution in [2.24, 2.45) is 5.92 Å². The van der Waals surface area contributed by atoms with Gasteiger partial charge < -0.3 is 5.32 Å². The van der Waals surface area contributed by atoms with Crippen LogP contribution in [0.15, 0.2) is 24.3 Å². The molecule has 1 aromatic carbocycles. The van der Waals surface area contributed by atoms with Crippen LogP contribution in [0.3, 0.4) is 0 Å². The first-order valence-corrected chi connectivity index (χ1v) is 7.03. The molecule has 2 atom stereocenters. The summed E-state index contributed by atoms with van der Waals surface area (Å²) >= 11 is 0. The van der Waals surface area contributed by atoms with Gasteiger partial charge in [-0.25, -0.2) is 0 Å². The van der Waals surface area contributed by atoms with Gasteiger partial charge in [0.05, 0.1) is 0 Å². The minimum absolute atomic E-state index is 0.757. The topological polar surface area (TPSA) is 12.0 Å². The van der Waals surface area contributed by atoms with Crippen LogP contribution < -0.4 is 5.32 Å². The lowest BCUT2D eigenvalue weighted by Gasteiger charge is -2.31. The number of rotatable bonds is 4. The van der Waals surface area contributed by atoms with Gasteiger partial charge in [0.25, 0.3) is 0 Å². The molecule has 1 heteroatoms. The van der Waals surface area contributed by atoms with Crippen molar-refractivity contribution in [3.8, 4) is 0 Å². The standard InChI is InChI=1S/C16H25N/c1-13-7-3-4-8-14(13)11-12-15-9-5-6-10-16(15)17-2/h3-4,7-8,15-17H,5-6,9-12H2,1-2H3. The first-order valence-electron chi connectivity index (χ1n) is 7.03. The van der Waals surface area contributed by atoms with E-state index >= 15 is 0 Å². The van der Waals surface area contributed by atoms with Crippen LogP contribution in [-0.4, -0.2) is 13.1 Å². The summed E-state index contributed by atoms with van der Waals surface area (Å²) in [6.45, 7) is 2.23. The van der Waals surface area contributed by atoms with Crippen LogP contribution in [0.4, 0.5) is 0 Å². The van der Waals surface area contributed by atoms with E-state index in [1.807, 2.05) is 0 Å². The monoisotopic (exact) mass is 231 g/mol. The van der Waals surface area contributed by atoms with Gasteiger partial charge in [0.15, 0.2) is 0 Å². The van der Waals surface area contributed by atoms with Gasteiger partial charge in [-0.15, -0.1) is 0 Å². The van der Waals surface area contributed by atoms with Crippen molar-refractivity contribution in [3.05, 3.63) is 35.4 Å². The zero-order valence-corrected chi connectivity index (χ0v) is 11.2. The second-order valence-corrected chi connectivity index (χ2v) is 5.40. The van der Waals surface area contributed by atoms with Gasteiger partial charge in [0.2, 0.25) is 0 Å². The van der Waals surface area contributed by atoms with Crippen molar-refractivity contribution >= 4 is 0 Å². The molecular formula is C16H25N. The van der Waals surface area contributed by atoms with E-state index in [4.69, 9.17) is 0 Å². The Morgan fingerprint density at radius 1 is 1.18 bits per heavy atom. The third-order valence-corrected chi connectivity index (χ3v) is 4.33. The summed E-state index contributed by atoms with van der Waals surface area (Å²) in [5.41, 5.74) is 2.98. The van der Waals surface area contributed by atoms with Crippen LogP contribution in [0.25, 0.3) is 0 Å². The summed E-state index contributed by atoms with van der Waals surface area (Å²) in [6.07, 6.45) is 8.21. The van der Waals surface area contributed by atoms with Gasteiger partial charge in [-0.1, -0.05) is 37.1 Å². The predicted molar refractivity (Wildman–Crippen MR) is 74.3 cm³/mol. The molecule has 0 spiro atoms. The Labute approximate surface area is 106 Å². The van der Waals surface area contributed by atoms with Crippen LogP contribution in [0.1, 0.15) is 43.2 Å². The largest absolute Gasteiger partial charge is 0.317 e. The molecule has 1 aliphatic carbocycles. The van der Waals surface area contributed by atoms with Crippen molar-refractivity contribution in [2.45, 2.75) is 51.5 Å². The maximum Gasteiger partial charge on any atom is 0.00924 e. The van der Waals surface area contributed by atoms with Crippen LogP contribution >= 0.6 is 0 Å². The molecule has 1 aromatic rings. The molecule has 1 fully saturated rings. The maximum atomic E-state index is 3.50. The molecule has 1 nitrogen and oxygen atoms in total. The Bertz CT molecular complexity index is 345. The summed E-state index contributed by atoms with van der Waals surface area (Å²) in [4.78, 5) is 0. The fraction of sp³-hybridized carbons (Fsp3) is 0.625. The molecule has 94 valence electrons. The molecule has 1 N–H and O–H groups in total. The predicted octanol–water partition coefficient (Wildman–Crippen LogP) is 3.71. The molecular weight excluding hydrogens is 206 g/mol. The van der Waals surface area contributed by atoms with E-state index in [-0.39, 0.29) is 0 Å². The maximum absolute atomic E-state index is 3.50. The summed E-state index contributed by atoms with van der Waals surface area (Å²) in [5, 5.41) is 3.50. The second-order valence-electron chi connectivity index (χ2n) is 5.40. The Balaban J connectivity index is 1.90. The van der Waals surface area contributed by atoms with Gasteiger partial charge in [0.1, 0.15) is 0 Å². The van der Waals surface area contributed by atoms with Crippen LogP contribution in [-0.2, 0) is 6.42 Å². The third-order valence-electron chi connectivity index (χ3n) is 4.33. The highest BCUT2D eigenvalue weighted by atomic mass is 14.9. The fourth-order valence-electron chi connectivity index (χ4n) is 3.16. The third kappa shape index (κ3) is 3.32. The van der Waals surface area contributed by atoms with Crippen LogP contribution in [0, 0.1) is 12.8 Å². The Kier molecular flexibility index (Phi) is 4.61. The lowest BCUT2D eigenvalue weighted by molar-refractivity contribution is 0.260. The highest BCUT2D eigenvalue weighted by molar-refractivity contribution is 5.25. The highest BCUT2D eigenvalue weighted by Gasteiger charge is 2.23. The lowest BCUT2D eigenvalue weighted by Crippen LogP contribution is -2.36. The zero-order chi connectivity index (χ0) is 12.1. The Morgan fingerprint density at radius 2 is 1.94 bits per heavy atom. The van der Waals surface area contributed by atoms with Gasteiger partial charge in [0, 0.05) is 6.04 Å². The molecule has 0 radical (unpaired) electrons. The first-order chi connectivity index (χ1) is 8.31. The SMILES string of the molecule is CNC1CCCCC1CCc1ccccc1C. The van der Waals surface area contributed by atoms with E-state index in [2.05, 4.69) is 43.6 Å². The average Bonchev–Trinajstić information content (AvgIpc) is 2.38. The average molecular weight is 231 g/mol. The lowest BCUT2D eigenvalue weighted by atomic mass is 9.81. The molecule has 0 amide bonds. The minimum atomic E-state index is 0.757.